The Morgan fingerprint density at radius 1 is 0.250 bits per heavy atom. The van der Waals surface area contributed by atoms with Crippen LogP contribution in [0.1, 0.15) is 38.9 Å². The minimum absolute atomic E-state index is 0.213. The second kappa shape index (κ2) is 21.7. The van der Waals surface area contributed by atoms with Crippen molar-refractivity contribution >= 4 is 43.6 Å². The smallest absolute Gasteiger partial charge is 0.164 e. The molecule has 14 aromatic rings. The molecule has 3 aromatic heterocycles. The third-order valence-electron chi connectivity index (χ3n) is 16.0. The van der Waals surface area contributed by atoms with E-state index in [9.17, 15) is 36.8 Å². The Morgan fingerprint density at radius 3 is 1.02 bits per heavy atom. The van der Waals surface area contributed by atoms with Gasteiger partial charge in [0, 0.05) is 60.5 Å². The quantitative estimate of drug-likeness (QED) is 0.133. The summed E-state index contributed by atoms with van der Waals surface area (Å²) >= 11 is 0. The van der Waals surface area contributed by atoms with Gasteiger partial charge in [0.05, 0.1) is 115 Å². The molecule has 0 radical (unpaired) electrons. The molecule has 0 spiro atoms. The zero-order chi connectivity index (χ0) is 60.0. The molecule has 11 aromatic carbocycles. The lowest BCUT2D eigenvalue weighted by atomic mass is 9.92. The van der Waals surface area contributed by atoms with Crippen LogP contribution in [0.15, 0.2) is 231 Å². The summed E-state index contributed by atoms with van der Waals surface area (Å²) in [6, 6.07) is 89.3. The van der Waals surface area contributed by atoms with Gasteiger partial charge in [0.15, 0.2) is 17.5 Å². The molecule has 3 heterocycles. The molecule has 0 bridgehead atoms. The first-order valence-corrected chi connectivity index (χ1v) is 27.8. The van der Waals surface area contributed by atoms with E-state index in [1.165, 1.54) is 24.3 Å². The Kier molecular flexibility index (Phi) is 12.9. The van der Waals surface area contributed by atoms with Crippen molar-refractivity contribution in [3.63, 3.8) is 0 Å². The molecule has 402 valence electrons. The number of hydrogen-bond acceptors (Lipinski definition) is 10. The van der Waals surface area contributed by atoms with Crippen molar-refractivity contribution in [2.24, 2.45) is 0 Å². The summed E-state index contributed by atoms with van der Waals surface area (Å²) in [6.07, 6.45) is 0. The Morgan fingerprint density at radius 2 is 0.602 bits per heavy atom. The Hall–Kier alpha value is -13.5. The van der Waals surface area contributed by atoms with Gasteiger partial charge in [-0.2, -0.15) is 36.8 Å². The first kappa shape index (κ1) is 52.5. The van der Waals surface area contributed by atoms with Gasteiger partial charge in [-0.05, 0) is 125 Å². The number of aromatic nitrogens is 5. The van der Waals surface area contributed by atoms with Crippen LogP contribution in [-0.2, 0) is 0 Å². The Labute approximate surface area is 503 Å². The standard InChI is InChI=1S/C76H38N12/c77-39-46-19-21-49(22-20-46)52-23-27-70(87-66-17-9-7-15-60(66)62-36-53(24-28-68(62)87)72-56(42-80)31-47(40-78)32-57(72)43-81)64(35-52)65-38-55(76-85-74(50-11-3-1-4-12-50)84-75(86-76)51-13-5-2-6-14-51)26-30-71(65)88-67-18-10-8-16-61(67)63-37-54(25-29-69(63)88)73-58(44-82)33-48(41-79)34-59(73)45-83/h1-38H. The van der Waals surface area contributed by atoms with E-state index < -0.39 is 0 Å². The summed E-state index contributed by atoms with van der Waals surface area (Å²) in [5.41, 5.74) is 14.6. The Balaban J connectivity index is 1.09. The topological polar surface area (TPSA) is 215 Å². The molecule has 0 fully saturated rings. The molecule has 0 aliphatic heterocycles. The van der Waals surface area contributed by atoms with Crippen LogP contribution >= 0.6 is 0 Å². The minimum atomic E-state index is 0.213. The molecule has 0 saturated carbocycles. The van der Waals surface area contributed by atoms with E-state index in [4.69, 9.17) is 15.0 Å². The van der Waals surface area contributed by atoms with Crippen LogP contribution in [0.4, 0.5) is 0 Å². The number of hydrogen-bond donors (Lipinski definition) is 0. The van der Waals surface area contributed by atoms with Gasteiger partial charge in [-0.25, -0.2) is 15.0 Å². The molecule has 0 amide bonds. The maximum atomic E-state index is 10.5. The predicted octanol–water partition coefficient (Wildman–Crippen LogP) is 16.8. The maximum Gasteiger partial charge on any atom is 0.164 e. The van der Waals surface area contributed by atoms with Crippen LogP contribution in [0, 0.1) is 79.3 Å². The fourth-order valence-corrected chi connectivity index (χ4v) is 12.1. The van der Waals surface area contributed by atoms with E-state index in [2.05, 4.69) is 106 Å². The van der Waals surface area contributed by atoms with Crippen LogP contribution in [0.25, 0.3) is 134 Å². The van der Waals surface area contributed by atoms with Gasteiger partial charge in [0.25, 0.3) is 0 Å². The SMILES string of the molecule is N#Cc1ccc(-c2ccc(-n3c4ccccc4c4cc(-c5c(C#N)cc(C#N)cc5C#N)ccc43)c(-c3cc(-c4nc(-c5ccccc5)nc(-c5ccccc5)n4)ccc3-n3c4ccccc4c4cc(-c5c(C#N)cc(C#N)cc5C#N)ccc43)c2)cc1. The lowest BCUT2D eigenvalue weighted by Gasteiger charge is -2.21. The van der Waals surface area contributed by atoms with Crippen molar-refractivity contribution in [1.29, 1.82) is 36.8 Å². The lowest BCUT2D eigenvalue weighted by Crippen LogP contribution is -2.04. The predicted molar refractivity (Wildman–Crippen MR) is 340 cm³/mol. The van der Waals surface area contributed by atoms with Crippen LogP contribution in [0.3, 0.4) is 0 Å². The zero-order valence-corrected chi connectivity index (χ0v) is 46.3. The van der Waals surface area contributed by atoms with E-state index in [0.29, 0.717) is 50.9 Å². The summed E-state index contributed by atoms with van der Waals surface area (Å²) in [6.45, 7) is 0. The van der Waals surface area contributed by atoms with Gasteiger partial charge in [0.1, 0.15) is 0 Å². The number of benzene rings is 11. The van der Waals surface area contributed by atoms with Gasteiger partial charge < -0.3 is 9.13 Å². The van der Waals surface area contributed by atoms with Gasteiger partial charge >= 0.3 is 0 Å². The largest absolute Gasteiger partial charge is 0.309 e. The first-order valence-electron chi connectivity index (χ1n) is 27.8. The molecule has 0 unspecified atom stereocenters. The van der Waals surface area contributed by atoms with Crippen LogP contribution in [0.2, 0.25) is 0 Å². The number of nitriles is 7. The summed E-state index contributed by atoms with van der Waals surface area (Å²) in [4.78, 5) is 15.5. The van der Waals surface area contributed by atoms with E-state index in [1.54, 1.807) is 0 Å². The third-order valence-corrected chi connectivity index (χ3v) is 16.0. The number of rotatable bonds is 9. The molecule has 14 rings (SSSR count). The van der Waals surface area contributed by atoms with Crippen molar-refractivity contribution in [2.75, 3.05) is 0 Å². The first-order chi connectivity index (χ1) is 43.3. The van der Waals surface area contributed by atoms with Crippen LogP contribution < -0.4 is 0 Å². The van der Waals surface area contributed by atoms with E-state index in [0.717, 1.165) is 88.4 Å². The number of nitrogens with zero attached hydrogens (tertiary/aromatic N) is 12. The highest BCUT2D eigenvalue weighted by Crippen LogP contribution is 2.46. The van der Waals surface area contributed by atoms with Gasteiger partial charge in [-0.15, -0.1) is 0 Å². The molecular formula is C76H38N12. The Bertz CT molecular complexity index is 5460. The molecule has 0 aliphatic rings. The summed E-state index contributed by atoms with van der Waals surface area (Å²) in [5.74, 6) is 1.42. The van der Waals surface area contributed by atoms with E-state index >= 15 is 0 Å². The van der Waals surface area contributed by atoms with Gasteiger partial charge in [-0.3, -0.25) is 0 Å². The summed E-state index contributed by atoms with van der Waals surface area (Å²) < 4.78 is 4.46. The average molecular weight is 1120 g/mol. The van der Waals surface area contributed by atoms with Crippen molar-refractivity contribution in [3.05, 3.63) is 269 Å². The molecule has 0 N–H and O–H groups in total. The second-order valence-corrected chi connectivity index (χ2v) is 20.9. The lowest BCUT2D eigenvalue weighted by molar-refractivity contribution is 1.07. The minimum Gasteiger partial charge on any atom is -0.309 e. The second-order valence-electron chi connectivity index (χ2n) is 20.9. The van der Waals surface area contributed by atoms with Crippen LogP contribution in [-0.4, -0.2) is 24.1 Å². The maximum absolute atomic E-state index is 10.5. The highest BCUT2D eigenvalue weighted by Gasteiger charge is 2.25. The third kappa shape index (κ3) is 8.85. The molecule has 0 atom stereocenters. The summed E-state index contributed by atoms with van der Waals surface area (Å²) in [5, 5.41) is 74.9. The van der Waals surface area contributed by atoms with Gasteiger partial charge in [-0.1, -0.05) is 127 Å². The van der Waals surface area contributed by atoms with Gasteiger partial charge in [0.2, 0.25) is 0 Å². The monoisotopic (exact) mass is 1120 g/mol. The van der Waals surface area contributed by atoms with E-state index in [-0.39, 0.29) is 33.4 Å². The van der Waals surface area contributed by atoms with Crippen molar-refractivity contribution in [2.45, 2.75) is 0 Å². The number of fused-ring (bicyclic) bond motifs is 6. The fraction of sp³-hybridized carbons (Fsp3) is 0. The highest BCUT2D eigenvalue weighted by molar-refractivity contribution is 6.13. The van der Waals surface area contributed by atoms with Crippen molar-refractivity contribution in [1.82, 2.24) is 24.1 Å². The molecule has 12 nitrogen and oxygen atoms in total. The highest BCUT2D eigenvalue weighted by atomic mass is 15.0. The molecule has 12 heteroatoms. The molecule has 88 heavy (non-hydrogen) atoms. The normalized spacial score (nSPS) is 10.9. The zero-order valence-electron chi connectivity index (χ0n) is 46.3. The molecular weight excluding hydrogens is 1080 g/mol. The van der Waals surface area contributed by atoms with Crippen molar-refractivity contribution in [3.8, 4) is 133 Å². The molecule has 0 saturated heterocycles. The van der Waals surface area contributed by atoms with E-state index in [1.807, 2.05) is 152 Å². The average Bonchev–Trinajstić information content (AvgIpc) is 1.74. The molecule has 0 aliphatic carbocycles. The van der Waals surface area contributed by atoms with Crippen LogP contribution in [0.5, 0.6) is 0 Å². The summed E-state index contributed by atoms with van der Waals surface area (Å²) in [7, 11) is 0. The number of para-hydroxylation sites is 2. The van der Waals surface area contributed by atoms with Crippen molar-refractivity contribution < 1.29 is 0 Å². The fourth-order valence-electron chi connectivity index (χ4n) is 12.1.